The van der Waals surface area contributed by atoms with Gasteiger partial charge < -0.3 is 14.6 Å². The minimum absolute atomic E-state index is 0.163. The van der Waals surface area contributed by atoms with Crippen molar-refractivity contribution in [3.8, 4) is 17.1 Å². The van der Waals surface area contributed by atoms with Crippen molar-refractivity contribution < 1.29 is 13.7 Å². The topological polar surface area (TPSA) is 60.2 Å². The van der Waals surface area contributed by atoms with Crippen molar-refractivity contribution >= 4 is 0 Å². The summed E-state index contributed by atoms with van der Waals surface area (Å²) in [5.74, 6) is 0.741. The van der Waals surface area contributed by atoms with Crippen LogP contribution in [0, 0.1) is 5.82 Å². The summed E-state index contributed by atoms with van der Waals surface area (Å²) < 4.78 is 23.5. The lowest BCUT2D eigenvalue weighted by atomic mass is 10.1. The molecule has 0 amide bonds. The Balaban J connectivity index is 2.20. The number of rotatable bonds is 6. The molecular formula is C14H18FN3O2. The monoisotopic (exact) mass is 279 g/mol. The molecule has 0 saturated heterocycles. The van der Waals surface area contributed by atoms with Crippen LogP contribution in [-0.2, 0) is 6.42 Å². The van der Waals surface area contributed by atoms with Gasteiger partial charge >= 0.3 is 0 Å². The number of benzene rings is 1. The van der Waals surface area contributed by atoms with E-state index < -0.39 is 5.82 Å². The molecule has 108 valence electrons. The van der Waals surface area contributed by atoms with Gasteiger partial charge in [0.2, 0.25) is 11.7 Å². The summed E-state index contributed by atoms with van der Waals surface area (Å²) in [5, 5.41) is 7.10. The lowest BCUT2D eigenvalue weighted by molar-refractivity contribution is 0.359. The van der Waals surface area contributed by atoms with Gasteiger partial charge in [-0.05, 0) is 31.7 Å². The third-order valence-corrected chi connectivity index (χ3v) is 3.20. The van der Waals surface area contributed by atoms with E-state index in [4.69, 9.17) is 9.26 Å². The number of hydrogen-bond acceptors (Lipinski definition) is 5. The maximum atomic E-state index is 13.4. The van der Waals surface area contributed by atoms with Crippen LogP contribution < -0.4 is 10.1 Å². The van der Waals surface area contributed by atoms with Crippen LogP contribution in [0.15, 0.2) is 22.7 Å². The van der Waals surface area contributed by atoms with Gasteiger partial charge in [-0.2, -0.15) is 4.98 Å². The number of nitrogens with one attached hydrogen (secondary N) is 1. The number of likely N-dealkylation sites (N-methyl/N-ethyl adjacent to an activating group) is 1. The second-order valence-corrected chi connectivity index (χ2v) is 4.46. The van der Waals surface area contributed by atoms with Gasteiger partial charge in [0.15, 0.2) is 11.6 Å². The number of halogens is 1. The number of methoxy groups -OCH3 is 1. The van der Waals surface area contributed by atoms with E-state index in [2.05, 4.69) is 22.4 Å². The predicted molar refractivity (Wildman–Crippen MR) is 73.1 cm³/mol. The lowest BCUT2D eigenvalue weighted by Crippen LogP contribution is -2.26. The van der Waals surface area contributed by atoms with E-state index in [0.29, 0.717) is 29.7 Å². The van der Waals surface area contributed by atoms with Crippen LogP contribution in [0.1, 0.15) is 19.2 Å². The molecule has 1 atom stereocenters. The molecule has 1 N–H and O–H groups in total. The highest BCUT2D eigenvalue weighted by Crippen LogP contribution is 2.24. The zero-order valence-electron chi connectivity index (χ0n) is 11.8. The Morgan fingerprint density at radius 1 is 1.45 bits per heavy atom. The number of nitrogens with zero attached hydrogens (tertiary/aromatic N) is 2. The van der Waals surface area contributed by atoms with Crippen LogP contribution >= 0.6 is 0 Å². The molecule has 0 spiro atoms. The van der Waals surface area contributed by atoms with E-state index in [-0.39, 0.29) is 5.75 Å². The van der Waals surface area contributed by atoms with Crippen molar-refractivity contribution in [2.45, 2.75) is 25.8 Å². The Kier molecular flexibility index (Phi) is 4.68. The molecule has 1 unspecified atom stereocenters. The summed E-state index contributed by atoms with van der Waals surface area (Å²) in [6, 6.07) is 4.78. The molecule has 6 heteroatoms. The molecule has 0 aliphatic heterocycles. The minimum Gasteiger partial charge on any atom is -0.494 e. The van der Waals surface area contributed by atoms with Crippen molar-refractivity contribution in [1.82, 2.24) is 15.5 Å². The maximum absolute atomic E-state index is 13.4. The highest BCUT2D eigenvalue weighted by Gasteiger charge is 2.14. The molecule has 0 aliphatic carbocycles. The van der Waals surface area contributed by atoms with E-state index in [1.54, 1.807) is 12.1 Å². The molecule has 0 saturated carbocycles. The molecule has 20 heavy (non-hydrogen) atoms. The van der Waals surface area contributed by atoms with Crippen molar-refractivity contribution in [3.63, 3.8) is 0 Å². The molecule has 0 fully saturated rings. The summed E-state index contributed by atoms with van der Waals surface area (Å²) in [7, 11) is 3.32. The summed E-state index contributed by atoms with van der Waals surface area (Å²) in [4.78, 5) is 4.33. The van der Waals surface area contributed by atoms with Crippen molar-refractivity contribution in [1.29, 1.82) is 0 Å². The molecule has 2 aromatic rings. The van der Waals surface area contributed by atoms with Gasteiger partial charge in [-0.15, -0.1) is 0 Å². The highest BCUT2D eigenvalue weighted by atomic mass is 19.1. The average Bonchev–Trinajstić information content (AvgIpc) is 2.93. The normalized spacial score (nSPS) is 12.4. The summed E-state index contributed by atoms with van der Waals surface area (Å²) in [5.41, 5.74) is 0.663. The first-order chi connectivity index (χ1) is 9.67. The van der Waals surface area contributed by atoms with Gasteiger partial charge in [0, 0.05) is 18.0 Å². The van der Waals surface area contributed by atoms with Crippen molar-refractivity contribution in [2.24, 2.45) is 0 Å². The van der Waals surface area contributed by atoms with Gasteiger partial charge in [0.1, 0.15) is 0 Å². The number of ether oxygens (including phenoxy) is 1. The van der Waals surface area contributed by atoms with Gasteiger partial charge in [-0.3, -0.25) is 0 Å². The van der Waals surface area contributed by atoms with E-state index >= 15 is 0 Å². The van der Waals surface area contributed by atoms with E-state index in [1.165, 1.54) is 13.2 Å². The average molecular weight is 279 g/mol. The molecule has 2 rings (SSSR count). The zero-order chi connectivity index (χ0) is 14.5. The highest BCUT2D eigenvalue weighted by molar-refractivity contribution is 5.57. The second kappa shape index (κ2) is 6.47. The molecule has 0 aliphatic rings. The SMILES string of the molecule is CCC(Cc1nc(-c2ccc(F)c(OC)c2)no1)NC. The van der Waals surface area contributed by atoms with Crippen LogP contribution in [-0.4, -0.2) is 30.3 Å². The van der Waals surface area contributed by atoms with Crippen LogP contribution in [0.2, 0.25) is 0 Å². The standard InChI is InChI=1S/C14H18FN3O2/c1-4-10(16-2)8-13-17-14(18-20-13)9-5-6-11(15)12(7-9)19-3/h5-7,10,16H,4,8H2,1-3H3. The molecule has 0 bridgehead atoms. The molecule has 5 nitrogen and oxygen atoms in total. The minimum atomic E-state index is -0.416. The fourth-order valence-corrected chi connectivity index (χ4v) is 1.92. The predicted octanol–water partition coefficient (Wildman–Crippen LogP) is 2.42. The van der Waals surface area contributed by atoms with Crippen LogP contribution in [0.4, 0.5) is 4.39 Å². The lowest BCUT2D eigenvalue weighted by Gasteiger charge is -2.09. The Labute approximate surface area is 117 Å². The quantitative estimate of drug-likeness (QED) is 0.880. The maximum Gasteiger partial charge on any atom is 0.228 e. The van der Waals surface area contributed by atoms with Crippen molar-refractivity contribution in [2.75, 3.05) is 14.2 Å². The fraction of sp³-hybridized carbons (Fsp3) is 0.429. The van der Waals surface area contributed by atoms with Gasteiger partial charge in [-0.25, -0.2) is 4.39 Å². The van der Waals surface area contributed by atoms with Crippen LogP contribution in [0.5, 0.6) is 5.75 Å². The molecule has 1 aromatic carbocycles. The van der Waals surface area contributed by atoms with Crippen LogP contribution in [0.3, 0.4) is 0 Å². The first kappa shape index (κ1) is 14.5. The first-order valence-corrected chi connectivity index (χ1v) is 6.51. The fourth-order valence-electron chi connectivity index (χ4n) is 1.92. The van der Waals surface area contributed by atoms with Gasteiger partial charge in [0.05, 0.1) is 7.11 Å². The Bertz CT molecular complexity index is 567. The third-order valence-electron chi connectivity index (χ3n) is 3.20. The number of aromatic nitrogens is 2. The Hall–Kier alpha value is -1.95. The number of hydrogen-bond donors (Lipinski definition) is 1. The zero-order valence-corrected chi connectivity index (χ0v) is 11.8. The Morgan fingerprint density at radius 2 is 2.25 bits per heavy atom. The van der Waals surface area contributed by atoms with Crippen molar-refractivity contribution in [3.05, 3.63) is 29.9 Å². The molecule has 0 radical (unpaired) electrons. The van der Waals surface area contributed by atoms with Crippen LogP contribution in [0.25, 0.3) is 11.4 Å². The molecule has 1 heterocycles. The smallest absolute Gasteiger partial charge is 0.228 e. The van der Waals surface area contributed by atoms with E-state index in [9.17, 15) is 4.39 Å². The molecule has 1 aromatic heterocycles. The molecular weight excluding hydrogens is 261 g/mol. The largest absolute Gasteiger partial charge is 0.494 e. The first-order valence-electron chi connectivity index (χ1n) is 6.51. The summed E-state index contributed by atoms with van der Waals surface area (Å²) in [6.45, 7) is 2.09. The van der Waals surface area contributed by atoms with E-state index in [0.717, 1.165) is 6.42 Å². The van der Waals surface area contributed by atoms with Gasteiger partial charge in [0.25, 0.3) is 0 Å². The Morgan fingerprint density at radius 3 is 2.90 bits per heavy atom. The summed E-state index contributed by atoms with van der Waals surface area (Å²) in [6.07, 6.45) is 1.64. The third kappa shape index (κ3) is 3.14. The second-order valence-electron chi connectivity index (χ2n) is 4.46. The summed E-state index contributed by atoms with van der Waals surface area (Å²) >= 11 is 0. The van der Waals surface area contributed by atoms with Gasteiger partial charge in [-0.1, -0.05) is 12.1 Å². The van der Waals surface area contributed by atoms with E-state index in [1.807, 2.05) is 7.05 Å².